The Bertz CT molecular complexity index is 567. The first-order chi connectivity index (χ1) is 9.01. The normalized spacial score (nSPS) is 14.7. The first-order valence-electron chi connectivity index (χ1n) is 5.35. The maximum atomic E-state index is 11.8. The molecule has 19 heavy (non-hydrogen) atoms. The number of aldehydes is 1. The lowest BCUT2D eigenvalue weighted by Crippen LogP contribution is -2.32. The molecule has 0 aromatic heterocycles. The Morgan fingerprint density at radius 2 is 1.84 bits per heavy atom. The molecule has 0 bridgehead atoms. The predicted molar refractivity (Wildman–Crippen MR) is 71.0 cm³/mol. The molecule has 0 atom stereocenters. The molecule has 1 aliphatic heterocycles. The van der Waals surface area contributed by atoms with Crippen LogP contribution in [0.3, 0.4) is 0 Å². The summed E-state index contributed by atoms with van der Waals surface area (Å²) in [5.41, 5.74) is 0.430. The van der Waals surface area contributed by atoms with Crippen LogP contribution in [-0.2, 0) is 14.4 Å². The third-order valence-corrected chi connectivity index (χ3v) is 3.09. The number of hydrogen-bond acceptors (Lipinski definition) is 5. The number of amides is 2. The number of nitrogens with zero attached hydrogens (tertiary/aromatic N) is 1. The molecule has 1 saturated heterocycles. The molecule has 2 rings (SSSR count). The summed E-state index contributed by atoms with van der Waals surface area (Å²) in [5.74, 6) is -1.93. The van der Waals surface area contributed by atoms with Crippen LogP contribution in [0.4, 0.5) is 0 Å². The van der Waals surface area contributed by atoms with Crippen molar-refractivity contribution in [2.45, 2.75) is 12.8 Å². The Balaban J connectivity index is 2.20. The summed E-state index contributed by atoms with van der Waals surface area (Å²) in [6, 6.07) is 4.43. The molecule has 1 aliphatic rings. The van der Waals surface area contributed by atoms with Gasteiger partial charge in [0.15, 0.2) is 0 Å². The standard InChI is InChI=1S/C12H8INO5/c13-9-4-7(6-15)3-8(5-9)12(18)19-14-10(16)1-2-11(14)17/h3-6H,1-2H2. The number of benzene rings is 1. The molecule has 0 radical (unpaired) electrons. The van der Waals surface area contributed by atoms with Crippen LogP contribution < -0.4 is 0 Å². The Labute approximate surface area is 121 Å². The molecule has 7 heteroatoms. The number of imide groups is 1. The van der Waals surface area contributed by atoms with Gasteiger partial charge in [-0.1, -0.05) is 0 Å². The van der Waals surface area contributed by atoms with Gasteiger partial charge in [0.25, 0.3) is 11.8 Å². The highest BCUT2D eigenvalue weighted by atomic mass is 127. The van der Waals surface area contributed by atoms with Crippen molar-refractivity contribution in [3.05, 3.63) is 32.9 Å². The van der Waals surface area contributed by atoms with Gasteiger partial charge in [-0.05, 0) is 40.8 Å². The molecule has 6 nitrogen and oxygen atoms in total. The molecular formula is C12H8INO5. The van der Waals surface area contributed by atoms with Crippen molar-refractivity contribution < 1.29 is 24.0 Å². The summed E-state index contributed by atoms with van der Waals surface area (Å²) in [7, 11) is 0. The van der Waals surface area contributed by atoms with E-state index in [1.807, 2.05) is 22.6 Å². The second-order valence-corrected chi connectivity index (χ2v) is 5.10. The van der Waals surface area contributed by atoms with E-state index in [1.165, 1.54) is 12.1 Å². The van der Waals surface area contributed by atoms with Crippen molar-refractivity contribution in [2.24, 2.45) is 0 Å². The first kappa shape index (κ1) is 13.7. The molecule has 0 spiro atoms. The average molecular weight is 373 g/mol. The van der Waals surface area contributed by atoms with Crippen molar-refractivity contribution in [3.63, 3.8) is 0 Å². The van der Waals surface area contributed by atoms with E-state index in [0.29, 0.717) is 20.5 Å². The number of carbonyl (C=O) groups excluding carboxylic acids is 4. The fourth-order valence-corrected chi connectivity index (χ4v) is 2.29. The van der Waals surface area contributed by atoms with Crippen molar-refractivity contribution in [1.29, 1.82) is 0 Å². The van der Waals surface area contributed by atoms with E-state index in [-0.39, 0.29) is 18.4 Å². The summed E-state index contributed by atoms with van der Waals surface area (Å²) in [4.78, 5) is 49.9. The zero-order valence-electron chi connectivity index (χ0n) is 9.59. The fourth-order valence-electron chi connectivity index (χ4n) is 1.59. The third kappa shape index (κ3) is 2.98. The molecule has 0 unspecified atom stereocenters. The minimum atomic E-state index is -0.842. The summed E-state index contributed by atoms with van der Waals surface area (Å²) in [6.45, 7) is 0. The number of rotatable bonds is 3. The molecule has 2 amide bonds. The van der Waals surface area contributed by atoms with Gasteiger partial charge in [-0.3, -0.25) is 14.4 Å². The van der Waals surface area contributed by atoms with Crippen LogP contribution in [0.1, 0.15) is 33.6 Å². The van der Waals surface area contributed by atoms with Crippen LogP contribution >= 0.6 is 22.6 Å². The van der Waals surface area contributed by atoms with E-state index < -0.39 is 17.8 Å². The second-order valence-electron chi connectivity index (χ2n) is 3.85. The molecule has 1 aromatic carbocycles. The summed E-state index contributed by atoms with van der Waals surface area (Å²) < 4.78 is 0.674. The van der Waals surface area contributed by atoms with E-state index in [0.717, 1.165) is 0 Å². The van der Waals surface area contributed by atoms with Crippen LogP contribution in [0.2, 0.25) is 0 Å². The maximum absolute atomic E-state index is 11.8. The van der Waals surface area contributed by atoms with Crippen LogP contribution in [0, 0.1) is 3.57 Å². The number of hydrogen-bond donors (Lipinski definition) is 0. The van der Waals surface area contributed by atoms with Gasteiger partial charge < -0.3 is 4.84 Å². The first-order valence-corrected chi connectivity index (χ1v) is 6.43. The van der Waals surface area contributed by atoms with Crippen LogP contribution in [0.25, 0.3) is 0 Å². The van der Waals surface area contributed by atoms with Crippen LogP contribution in [0.5, 0.6) is 0 Å². The van der Waals surface area contributed by atoms with Crippen LogP contribution in [0.15, 0.2) is 18.2 Å². The van der Waals surface area contributed by atoms with E-state index >= 15 is 0 Å². The van der Waals surface area contributed by atoms with E-state index in [9.17, 15) is 19.2 Å². The van der Waals surface area contributed by atoms with Crippen molar-refractivity contribution in [1.82, 2.24) is 5.06 Å². The quantitative estimate of drug-likeness (QED) is 0.454. The van der Waals surface area contributed by atoms with Gasteiger partial charge in [0.05, 0.1) is 5.56 Å². The van der Waals surface area contributed by atoms with Gasteiger partial charge >= 0.3 is 5.97 Å². The highest BCUT2D eigenvalue weighted by molar-refractivity contribution is 14.1. The lowest BCUT2D eigenvalue weighted by atomic mass is 10.1. The highest BCUT2D eigenvalue weighted by Gasteiger charge is 2.33. The molecular weight excluding hydrogens is 365 g/mol. The molecule has 0 aliphatic carbocycles. The van der Waals surface area contributed by atoms with Crippen molar-refractivity contribution in [2.75, 3.05) is 0 Å². The van der Waals surface area contributed by atoms with Gasteiger partial charge in [-0.2, -0.15) is 0 Å². The Morgan fingerprint density at radius 3 is 2.42 bits per heavy atom. The SMILES string of the molecule is O=Cc1cc(I)cc(C(=O)ON2C(=O)CCC2=O)c1. The number of halogens is 1. The average Bonchev–Trinajstić information content (AvgIpc) is 2.69. The number of hydroxylamine groups is 2. The topological polar surface area (TPSA) is 80.8 Å². The molecule has 0 saturated carbocycles. The smallest absolute Gasteiger partial charge is 0.325 e. The summed E-state index contributed by atoms with van der Waals surface area (Å²) in [5, 5.41) is 0.475. The zero-order chi connectivity index (χ0) is 14.0. The molecule has 0 N–H and O–H groups in total. The molecule has 98 valence electrons. The lowest BCUT2D eigenvalue weighted by Gasteiger charge is -2.12. The zero-order valence-corrected chi connectivity index (χ0v) is 11.7. The Morgan fingerprint density at radius 1 is 1.21 bits per heavy atom. The lowest BCUT2D eigenvalue weighted by molar-refractivity contribution is -0.172. The predicted octanol–water partition coefficient (Wildman–Crippen LogP) is 1.32. The van der Waals surface area contributed by atoms with E-state index in [1.54, 1.807) is 6.07 Å². The summed E-state index contributed by atoms with van der Waals surface area (Å²) in [6.07, 6.45) is 0.682. The van der Waals surface area contributed by atoms with Crippen molar-refractivity contribution in [3.8, 4) is 0 Å². The van der Waals surface area contributed by atoms with Gasteiger partial charge in [0.2, 0.25) is 0 Å². The monoisotopic (exact) mass is 373 g/mol. The van der Waals surface area contributed by atoms with Gasteiger partial charge in [-0.15, -0.1) is 5.06 Å². The van der Waals surface area contributed by atoms with Gasteiger partial charge in [0.1, 0.15) is 6.29 Å². The Hall–Kier alpha value is -1.77. The molecule has 1 fully saturated rings. The Kier molecular flexibility index (Phi) is 3.93. The third-order valence-electron chi connectivity index (χ3n) is 2.47. The highest BCUT2D eigenvalue weighted by Crippen LogP contribution is 2.16. The fraction of sp³-hybridized carbons (Fsp3) is 0.167. The van der Waals surface area contributed by atoms with E-state index in [4.69, 9.17) is 4.84 Å². The minimum absolute atomic E-state index is 0.0397. The maximum Gasteiger partial charge on any atom is 0.363 e. The second kappa shape index (κ2) is 5.47. The number of carbonyl (C=O) groups is 4. The summed E-state index contributed by atoms with van der Waals surface area (Å²) >= 11 is 1.95. The van der Waals surface area contributed by atoms with Crippen LogP contribution in [-0.4, -0.2) is 29.1 Å². The largest absolute Gasteiger partial charge is 0.363 e. The van der Waals surface area contributed by atoms with Crippen molar-refractivity contribution >= 4 is 46.7 Å². The van der Waals surface area contributed by atoms with Gasteiger partial charge in [-0.25, -0.2) is 4.79 Å². The van der Waals surface area contributed by atoms with Gasteiger partial charge in [0, 0.05) is 22.0 Å². The molecule has 1 aromatic rings. The molecule has 1 heterocycles. The minimum Gasteiger partial charge on any atom is -0.325 e. The van der Waals surface area contributed by atoms with E-state index in [2.05, 4.69) is 0 Å².